The highest BCUT2D eigenvalue weighted by Gasteiger charge is 2.31. The Hall–Kier alpha value is -2.54. The monoisotopic (exact) mass is 412 g/mol. The topological polar surface area (TPSA) is 42.4 Å². The van der Waals surface area contributed by atoms with Gasteiger partial charge in [0.1, 0.15) is 5.75 Å². The summed E-state index contributed by atoms with van der Waals surface area (Å²) in [7, 11) is 3.62. The van der Waals surface area contributed by atoms with Crippen LogP contribution in [0, 0.1) is 0 Å². The first kappa shape index (κ1) is 21.8. The molecule has 2 rings (SSSR count). The maximum Gasteiger partial charge on any atom is 0.417 e. The minimum atomic E-state index is -4.48. The van der Waals surface area contributed by atoms with Crippen LogP contribution in [-0.4, -0.2) is 35.9 Å². The Bertz CT molecular complexity index is 850. The minimum Gasteiger partial charge on any atom is -0.483 e. The Morgan fingerprint density at radius 3 is 2.46 bits per heavy atom. The molecule has 28 heavy (non-hydrogen) atoms. The van der Waals surface area contributed by atoms with E-state index in [2.05, 4.69) is 4.98 Å². The fraction of sp³-hybridized carbons (Fsp3) is 0.300. The second-order valence-electron chi connectivity index (χ2n) is 6.41. The average molecular weight is 413 g/mol. The number of hydrogen-bond donors (Lipinski definition) is 0. The normalized spacial score (nSPS) is 12.8. The van der Waals surface area contributed by atoms with Crippen LogP contribution in [-0.2, 0) is 17.4 Å². The standard InChI is InChI=1S/C20H20ClF3N2O2/c1-13(19(27)8-9-26(2)3)28-16-6-4-14(5-7-16)10-18-17(21)11-15(12-25-18)20(22,23)24/h4-9,11-13H,10H2,1-3H3/b9-8+/t13-/m0/s1. The molecule has 0 unspecified atom stereocenters. The van der Waals surface area contributed by atoms with E-state index in [4.69, 9.17) is 16.3 Å². The molecule has 1 aromatic carbocycles. The van der Waals surface area contributed by atoms with Gasteiger partial charge in [-0.15, -0.1) is 0 Å². The van der Waals surface area contributed by atoms with Gasteiger partial charge in [-0.1, -0.05) is 23.7 Å². The van der Waals surface area contributed by atoms with Crippen LogP contribution in [0.1, 0.15) is 23.7 Å². The van der Waals surface area contributed by atoms with E-state index in [9.17, 15) is 18.0 Å². The summed E-state index contributed by atoms with van der Waals surface area (Å²) in [5, 5.41) is -0.0398. The molecule has 8 heteroatoms. The molecule has 1 atom stereocenters. The predicted octanol–water partition coefficient (Wildman–Crippen LogP) is 4.76. The van der Waals surface area contributed by atoms with Crippen LogP contribution in [0.5, 0.6) is 5.75 Å². The van der Waals surface area contributed by atoms with Crippen molar-refractivity contribution < 1.29 is 22.7 Å². The number of rotatable bonds is 7. The van der Waals surface area contributed by atoms with Crippen molar-refractivity contribution in [2.24, 2.45) is 0 Å². The van der Waals surface area contributed by atoms with E-state index in [0.29, 0.717) is 11.4 Å². The van der Waals surface area contributed by atoms with E-state index in [-0.39, 0.29) is 17.2 Å². The van der Waals surface area contributed by atoms with Crippen LogP contribution < -0.4 is 4.74 Å². The summed E-state index contributed by atoms with van der Waals surface area (Å²) in [6.45, 7) is 1.65. The number of nitrogens with zero attached hydrogens (tertiary/aromatic N) is 2. The summed E-state index contributed by atoms with van der Waals surface area (Å²) >= 11 is 5.94. The van der Waals surface area contributed by atoms with Gasteiger partial charge < -0.3 is 9.64 Å². The molecule has 0 fully saturated rings. The van der Waals surface area contributed by atoms with Gasteiger partial charge in [-0.05, 0) is 30.7 Å². The zero-order chi connectivity index (χ0) is 20.9. The van der Waals surface area contributed by atoms with Crippen molar-refractivity contribution in [1.82, 2.24) is 9.88 Å². The van der Waals surface area contributed by atoms with Gasteiger partial charge in [0.05, 0.1) is 16.3 Å². The molecule has 0 radical (unpaired) electrons. The van der Waals surface area contributed by atoms with E-state index in [1.807, 2.05) is 14.1 Å². The van der Waals surface area contributed by atoms with Crippen molar-refractivity contribution in [3.63, 3.8) is 0 Å². The second kappa shape index (κ2) is 9.10. The van der Waals surface area contributed by atoms with Gasteiger partial charge in [0.25, 0.3) is 0 Å². The van der Waals surface area contributed by atoms with Crippen molar-refractivity contribution in [1.29, 1.82) is 0 Å². The zero-order valence-electron chi connectivity index (χ0n) is 15.6. The number of halogens is 4. The molecule has 1 heterocycles. The summed E-state index contributed by atoms with van der Waals surface area (Å²) in [6.07, 6.45) is -0.995. The molecule has 0 saturated carbocycles. The average Bonchev–Trinajstić information content (AvgIpc) is 2.62. The highest BCUT2D eigenvalue weighted by Crippen LogP contribution is 2.31. The molecular weight excluding hydrogens is 393 g/mol. The molecule has 0 saturated heterocycles. The Balaban J connectivity index is 2.02. The van der Waals surface area contributed by atoms with Crippen LogP contribution >= 0.6 is 11.6 Å². The third-order valence-electron chi connectivity index (χ3n) is 3.79. The number of carbonyl (C=O) groups is 1. The van der Waals surface area contributed by atoms with Crippen molar-refractivity contribution in [2.75, 3.05) is 14.1 Å². The Kier molecular flexibility index (Phi) is 7.07. The summed E-state index contributed by atoms with van der Waals surface area (Å²) < 4.78 is 43.6. The van der Waals surface area contributed by atoms with Gasteiger partial charge in [0.2, 0.25) is 0 Å². The number of alkyl halides is 3. The number of ether oxygens (including phenoxy) is 1. The second-order valence-corrected chi connectivity index (χ2v) is 6.82. The smallest absolute Gasteiger partial charge is 0.417 e. The van der Waals surface area contributed by atoms with Crippen LogP contribution in [0.3, 0.4) is 0 Å². The number of benzene rings is 1. The van der Waals surface area contributed by atoms with E-state index in [1.54, 1.807) is 42.3 Å². The molecular formula is C20H20ClF3N2O2. The quantitative estimate of drug-likeness (QED) is 0.615. The molecule has 0 spiro atoms. The van der Waals surface area contributed by atoms with Crippen LogP contribution in [0.25, 0.3) is 0 Å². The summed E-state index contributed by atoms with van der Waals surface area (Å²) in [4.78, 5) is 17.5. The Morgan fingerprint density at radius 2 is 1.93 bits per heavy atom. The molecule has 0 aliphatic rings. The molecule has 0 bridgehead atoms. The lowest BCUT2D eigenvalue weighted by Gasteiger charge is -2.13. The number of pyridine rings is 1. The third kappa shape index (κ3) is 6.27. The maximum atomic E-state index is 12.7. The van der Waals surface area contributed by atoms with E-state index >= 15 is 0 Å². The molecule has 2 aromatic rings. The lowest BCUT2D eigenvalue weighted by Crippen LogP contribution is -2.22. The number of carbonyl (C=O) groups excluding carboxylic acids is 1. The van der Waals surface area contributed by atoms with Crippen LogP contribution in [0.15, 0.2) is 48.8 Å². The highest BCUT2D eigenvalue weighted by molar-refractivity contribution is 6.31. The van der Waals surface area contributed by atoms with E-state index in [1.165, 1.54) is 6.08 Å². The van der Waals surface area contributed by atoms with E-state index in [0.717, 1.165) is 17.8 Å². The Morgan fingerprint density at radius 1 is 1.29 bits per heavy atom. The lowest BCUT2D eigenvalue weighted by atomic mass is 10.1. The van der Waals surface area contributed by atoms with E-state index < -0.39 is 17.8 Å². The molecule has 0 amide bonds. The molecule has 4 nitrogen and oxygen atoms in total. The van der Waals surface area contributed by atoms with Gasteiger partial charge in [0.15, 0.2) is 11.9 Å². The van der Waals surface area contributed by atoms with Crippen LogP contribution in [0.2, 0.25) is 5.02 Å². The molecule has 150 valence electrons. The van der Waals surface area contributed by atoms with Gasteiger partial charge >= 0.3 is 6.18 Å². The first-order valence-electron chi connectivity index (χ1n) is 8.42. The molecule has 0 aliphatic heterocycles. The first-order valence-corrected chi connectivity index (χ1v) is 8.79. The number of aromatic nitrogens is 1. The van der Waals surface area contributed by atoms with Crippen molar-refractivity contribution >= 4 is 17.4 Å². The van der Waals surface area contributed by atoms with Crippen molar-refractivity contribution in [2.45, 2.75) is 25.6 Å². The number of hydrogen-bond acceptors (Lipinski definition) is 4. The zero-order valence-corrected chi connectivity index (χ0v) is 16.4. The predicted molar refractivity (Wildman–Crippen MR) is 101 cm³/mol. The highest BCUT2D eigenvalue weighted by atomic mass is 35.5. The minimum absolute atomic E-state index is 0.0398. The molecule has 0 aliphatic carbocycles. The summed E-state index contributed by atoms with van der Waals surface area (Å²) in [5.74, 6) is 0.341. The fourth-order valence-corrected chi connectivity index (χ4v) is 2.48. The Labute approximate surface area is 166 Å². The van der Waals surface area contributed by atoms with Gasteiger partial charge in [-0.3, -0.25) is 9.78 Å². The summed E-state index contributed by atoms with van der Waals surface area (Å²) in [6, 6.07) is 7.74. The number of ketones is 1. The maximum absolute atomic E-state index is 12.7. The SMILES string of the molecule is C[C@H](Oc1ccc(Cc2ncc(C(F)(F)F)cc2Cl)cc1)C(=O)/C=C/N(C)C. The van der Waals surface area contributed by atoms with Crippen molar-refractivity contribution in [3.8, 4) is 5.75 Å². The lowest BCUT2D eigenvalue weighted by molar-refractivity contribution is -0.137. The van der Waals surface area contributed by atoms with Crippen LogP contribution in [0.4, 0.5) is 13.2 Å². The van der Waals surface area contributed by atoms with Crippen molar-refractivity contribution in [3.05, 3.63) is 70.6 Å². The van der Waals surface area contributed by atoms with Gasteiger partial charge in [-0.25, -0.2) is 0 Å². The molecule has 0 N–H and O–H groups in total. The first-order chi connectivity index (χ1) is 13.1. The third-order valence-corrected chi connectivity index (χ3v) is 4.12. The van der Waals surface area contributed by atoms with Gasteiger partial charge in [-0.2, -0.15) is 13.2 Å². The summed E-state index contributed by atoms with van der Waals surface area (Å²) in [5.41, 5.74) is 0.265. The molecule has 1 aromatic heterocycles. The fourth-order valence-electron chi connectivity index (χ4n) is 2.25. The van der Waals surface area contributed by atoms with Gasteiger partial charge in [0, 0.05) is 39.0 Å². The largest absolute Gasteiger partial charge is 0.483 e.